The molecule has 0 N–H and O–H groups in total. The lowest BCUT2D eigenvalue weighted by atomic mass is 9.81. The number of nitrogens with zero attached hydrogens (tertiary/aromatic N) is 2. The van der Waals surface area contributed by atoms with Crippen molar-refractivity contribution in [2.75, 3.05) is 4.90 Å². The highest BCUT2D eigenvalue weighted by molar-refractivity contribution is 6.08. The Hall–Kier alpha value is -7.75. The van der Waals surface area contributed by atoms with Crippen molar-refractivity contribution in [2.24, 2.45) is 0 Å². The van der Waals surface area contributed by atoms with E-state index in [1.54, 1.807) is 12.1 Å². The highest BCUT2D eigenvalue weighted by atomic mass is 19.1. The predicted octanol–water partition coefficient (Wildman–Crippen LogP) is 16.9. The van der Waals surface area contributed by atoms with E-state index in [9.17, 15) is 4.39 Å². The van der Waals surface area contributed by atoms with E-state index in [0.717, 1.165) is 28.3 Å². The quantitative estimate of drug-likeness (QED) is 0.155. The molecule has 312 valence electrons. The van der Waals surface area contributed by atoms with Crippen LogP contribution in [-0.4, -0.2) is 4.57 Å². The van der Waals surface area contributed by atoms with E-state index in [1.807, 2.05) is 12.1 Å². The van der Waals surface area contributed by atoms with Gasteiger partial charge in [-0.05, 0) is 146 Å². The van der Waals surface area contributed by atoms with Crippen LogP contribution < -0.4 is 4.90 Å². The molecule has 0 spiro atoms. The molecule has 1 heterocycles. The van der Waals surface area contributed by atoms with Crippen molar-refractivity contribution in [3.8, 4) is 61.5 Å². The zero-order valence-electron chi connectivity index (χ0n) is 37.0. The smallest absolute Gasteiger partial charge is 0.123 e. The standard InChI is InChI=1S/C62H47FN2/c1-61(2)54-23-15-14-22-49(54)50-35-33-48(37-56(50)61)64(47-31-27-44(63)28-32-47)46-29-24-40(25-30-46)43-26-34-51-52-38-53-58(39-57(52)62(3,4)55(51)36-43)65(45-20-12-7-13-21-45)60(42-18-10-6-11-19-42)59(53)41-16-8-5-9-17-41/h5-39H,1-4H3. The molecule has 2 aliphatic carbocycles. The van der Waals surface area contributed by atoms with Crippen LogP contribution >= 0.6 is 0 Å². The Balaban J connectivity index is 0.962. The highest BCUT2D eigenvalue weighted by Gasteiger charge is 2.38. The molecule has 9 aromatic carbocycles. The van der Waals surface area contributed by atoms with Crippen molar-refractivity contribution in [2.45, 2.75) is 38.5 Å². The van der Waals surface area contributed by atoms with E-state index >= 15 is 0 Å². The van der Waals surface area contributed by atoms with Crippen LogP contribution in [0.15, 0.2) is 212 Å². The van der Waals surface area contributed by atoms with Gasteiger partial charge in [0.15, 0.2) is 0 Å². The van der Waals surface area contributed by atoms with Crippen LogP contribution in [0.3, 0.4) is 0 Å². The molecule has 2 aliphatic rings. The Bertz CT molecular complexity index is 3450. The van der Waals surface area contributed by atoms with Gasteiger partial charge in [0.05, 0.1) is 11.2 Å². The summed E-state index contributed by atoms with van der Waals surface area (Å²) in [5.74, 6) is -0.251. The molecule has 65 heavy (non-hydrogen) atoms. The minimum atomic E-state index is -0.251. The van der Waals surface area contributed by atoms with Gasteiger partial charge < -0.3 is 9.47 Å². The van der Waals surface area contributed by atoms with Crippen molar-refractivity contribution in [1.82, 2.24) is 4.57 Å². The van der Waals surface area contributed by atoms with E-state index in [1.165, 1.54) is 83.4 Å². The SMILES string of the molecule is CC1(C)c2ccccc2-c2ccc(N(c3ccc(F)cc3)c3ccc(-c4ccc5c(c4)C(C)(C)c4cc6c(cc4-5)c(-c4ccccc4)c(-c4ccccc4)n6-c4ccccc4)cc3)cc21. The number of aromatic nitrogens is 1. The molecule has 0 saturated heterocycles. The summed E-state index contributed by atoms with van der Waals surface area (Å²) in [6, 6.07) is 75.6. The molecule has 2 nitrogen and oxygen atoms in total. The van der Waals surface area contributed by atoms with Gasteiger partial charge in [0.2, 0.25) is 0 Å². The summed E-state index contributed by atoms with van der Waals surface area (Å²) in [7, 11) is 0. The highest BCUT2D eigenvalue weighted by Crippen LogP contribution is 2.54. The zero-order valence-corrected chi connectivity index (χ0v) is 37.0. The Morgan fingerprint density at radius 1 is 0.385 bits per heavy atom. The summed E-state index contributed by atoms with van der Waals surface area (Å²) >= 11 is 0. The van der Waals surface area contributed by atoms with Gasteiger partial charge in [-0.1, -0.05) is 161 Å². The van der Waals surface area contributed by atoms with Crippen LogP contribution in [0.25, 0.3) is 72.4 Å². The van der Waals surface area contributed by atoms with Gasteiger partial charge in [-0.2, -0.15) is 0 Å². The maximum atomic E-state index is 14.4. The minimum absolute atomic E-state index is 0.144. The average molecular weight is 839 g/mol. The first-order valence-electron chi connectivity index (χ1n) is 22.6. The van der Waals surface area contributed by atoms with E-state index in [0.29, 0.717) is 0 Å². The van der Waals surface area contributed by atoms with Gasteiger partial charge in [-0.25, -0.2) is 4.39 Å². The topological polar surface area (TPSA) is 8.17 Å². The molecule has 10 aromatic rings. The second-order valence-corrected chi connectivity index (χ2v) is 18.7. The lowest BCUT2D eigenvalue weighted by Crippen LogP contribution is -2.16. The normalized spacial score (nSPS) is 13.9. The second-order valence-electron chi connectivity index (χ2n) is 18.7. The van der Waals surface area contributed by atoms with Gasteiger partial charge in [0, 0.05) is 44.5 Å². The third kappa shape index (κ3) is 6.06. The average Bonchev–Trinajstić information content (AvgIpc) is 3.89. The molecule has 0 aliphatic heterocycles. The maximum absolute atomic E-state index is 14.4. The van der Waals surface area contributed by atoms with Gasteiger partial charge in [0.1, 0.15) is 5.82 Å². The summed E-state index contributed by atoms with van der Waals surface area (Å²) in [4.78, 5) is 2.24. The Labute approximate surface area is 380 Å². The summed E-state index contributed by atoms with van der Waals surface area (Å²) in [5.41, 5.74) is 22.5. The van der Waals surface area contributed by atoms with E-state index in [4.69, 9.17) is 0 Å². The van der Waals surface area contributed by atoms with Crippen LogP contribution in [0.4, 0.5) is 21.5 Å². The molecule has 0 atom stereocenters. The third-order valence-corrected chi connectivity index (χ3v) is 14.3. The van der Waals surface area contributed by atoms with E-state index < -0.39 is 0 Å². The lowest BCUT2D eigenvalue weighted by Gasteiger charge is -2.28. The van der Waals surface area contributed by atoms with Gasteiger partial charge in [0.25, 0.3) is 0 Å². The van der Waals surface area contributed by atoms with Crippen molar-refractivity contribution >= 4 is 28.0 Å². The van der Waals surface area contributed by atoms with Crippen LogP contribution in [-0.2, 0) is 10.8 Å². The molecular formula is C62H47FN2. The van der Waals surface area contributed by atoms with E-state index in [-0.39, 0.29) is 16.6 Å². The Kier molecular flexibility index (Phi) is 8.77. The Morgan fingerprint density at radius 2 is 0.892 bits per heavy atom. The number of hydrogen-bond acceptors (Lipinski definition) is 1. The van der Waals surface area contributed by atoms with Crippen molar-refractivity contribution in [1.29, 1.82) is 0 Å². The third-order valence-electron chi connectivity index (χ3n) is 14.3. The molecule has 0 radical (unpaired) electrons. The predicted molar refractivity (Wildman–Crippen MR) is 269 cm³/mol. The monoisotopic (exact) mass is 838 g/mol. The van der Waals surface area contributed by atoms with Crippen LogP contribution in [0.5, 0.6) is 0 Å². The first-order chi connectivity index (χ1) is 31.7. The first kappa shape index (κ1) is 38.9. The largest absolute Gasteiger partial charge is 0.310 e. The minimum Gasteiger partial charge on any atom is -0.310 e. The van der Waals surface area contributed by atoms with Gasteiger partial charge in [-0.3, -0.25) is 0 Å². The zero-order chi connectivity index (χ0) is 44.0. The molecule has 0 saturated carbocycles. The number of fused-ring (bicyclic) bond motifs is 7. The fraction of sp³-hybridized carbons (Fsp3) is 0.0968. The molecule has 1 aromatic heterocycles. The van der Waals surface area contributed by atoms with Crippen molar-refractivity contribution in [3.05, 3.63) is 240 Å². The molecule has 0 bridgehead atoms. The van der Waals surface area contributed by atoms with Gasteiger partial charge >= 0.3 is 0 Å². The summed E-state index contributed by atoms with van der Waals surface area (Å²) in [5, 5.41) is 1.24. The molecule has 12 rings (SSSR count). The number of rotatable bonds is 7. The van der Waals surface area contributed by atoms with Crippen molar-refractivity contribution in [3.63, 3.8) is 0 Å². The summed E-state index contributed by atoms with van der Waals surface area (Å²) < 4.78 is 16.8. The lowest BCUT2D eigenvalue weighted by molar-refractivity contribution is 0.628. The number of anilines is 3. The van der Waals surface area contributed by atoms with Crippen LogP contribution in [0.1, 0.15) is 49.9 Å². The van der Waals surface area contributed by atoms with Crippen LogP contribution in [0.2, 0.25) is 0 Å². The number of hydrogen-bond donors (Lipinski definition) is 0. The molecule has 0 fully saturated rings. The van der Waals surface area contributed by atoms with E-state index in [2.05, 4.69) is 225 Å². The Morgan fingerprint density at radius 3 is 1.60 bits per heavy atom. The van der Waals surface area contributed by atoms with Crippen molar-refractivity contribution < 1.29 is 4.39 Å². The molecular weight excluding hydrogens is 792 g/mol. The van der Waals surface area contributed by atoms with Crippen LogP contribution in [0, 0.1) is 5.82 Å². The summed E-state index contributed by atoms with van der Waals surface area (Å²) in [6.45, 7) is 9.36. The maximum Gasteiger partial charge on any atom is 0.123 e. The fourth-order valence-electron chi connectivity index (χ4n) is 11.0. The number of para-hydroxylation sites is 1. The first-order valence-corrected chi connectivity index (χ1v) is 22.6. The fourth-order valence-corrected chi connectivity index (χ4v) is 11.0. The molecule has 0 unspecified atom stereocenters. The molecule has 3 heteroatoms. The number of benzene rings is 9. The van der Waals surface area contributed by atoms with Gasteiger partial charge in [-0.15, -0.1) is 0 Å². The summed E-state index contributed by atoms with van der Waals surface area (Å²) in [6.07, 6.45) is 0. The molecule has 0 amide bonds. The second kappa shape index (κ2) is 14.7. The number of halogens is 1.